The summed E-state index contributed by atoms with van der Waals surface area (Å²) < 4.78 is 5.52. The quantitative estimate of drug-likeness (QED) is 0.607. The van der Waals surface area contributed by atoms with Gasteiger partial charge in [-0.25, -0.2) is 0 Å². The van der Waals surface area contributed by atoms with E-state index in [1.54, 1.807) is 26.0 Å². The van der Waals surface area contributed by atoms with Gasteiger partial charge in [0.05, 0.1) is 4.92 Å². The Morgan fingerprint density at radius 1 is 1.28 bits per heavy atom. The molecule has 0 radical (unpaired) electrons. The summed E-state index contributed by atoms with van der Waals surface area (Å²) in [6.07, 6.45) is 1.95. The highest BCUT2D eigenvalue weighted by Gasteiger charge is 2.34. The molecule has 1 aliphatic heterocycles. The summed E-state index contributed by atoms with van der Waals surface area (Å²) in [5, 5.41) is 10.5. The van der Waals surface area contributed by atoms with Gasteiger partial charge in [0.1, 0.15) is 5.76 Å². The van der Waals surface area contributed by atoms with Crippen molar-refractivity contribution in [3.63, 3.8) is 0 Å². The normalized spacial score (nSPS) is 17.2. The molecule has 1 aromatic carbocycles. The minimum absolute atomic E-state index is 0.0523. The predicted octanol–water partition coefficient (Wildman–Crippen LogP) is 2.40. The Bertz CT molecular complexity index is 528. The van der Waals surface area contributed by atoms with Crippen molar-refractivity contribution in [2.45, 2.75) is 25.9 Å². The number of rotatable bonds is 3. The van der Waals surface area contributed by atoms with Gasteiger partial charge in [0, 0.05) is 24.6 Å². The lowest BCUT2D eigenvalue weighted by molar-refractivity contribution is -0.384. The first-order valence-electron chi connectivity index (χ1n) is 5.56. The van der Waals surface area contributed by atoms with Gasteiger partial charge < -0.3 is 4.74 Å². The van der Waals surface area contributed by atoms with Gasteiger partial charge in [-0.2, -0.15) is 0 Å². The Hall–Kier alpha value is -2.17. The van der Waals surface area contributed by atoms with Gasteiger partial charge in [0.25, 0.3) is 5.69 Å². The summed E-state index contributed by atoms with van der Waals surface area (Å²) in [7, 11) is 0. The van der Waals surface area contributed by atoms with Crippen molar-refractivity contribution in [2.75, 3.05) is 0 Å². The number of hydrogen-bond donors (Lipinski definition) is 0. The maximum atomic E-state index is 11.5. The van der Waals surface area contributed by atoms with Crippen LogP contribution in [-0.4, -0.2) is 16.3 Å². The molecule has 5 nitrogen and oxygen atoms in total. The van der Waals surface area contributed by atoms with Crippen LogP contribution in [0.4, 0.5) is 5.69 Å². The number of hydrogen-bond acceptors (Lipinski definition) is 4. The largest absolute Gasteiger partial charge is 0.484 e. The molecule has 0 N–H and O–H groups in total. The summed E-state index contributed by atoms with van der Waals surface area (Å²) in [6.45, 7) is 3.43. The molecule has 94 valence electrons. The van der Waals surface area contributed by atoms with Gasteiger partial charge >= 0.3 is 0 Å². The van der Waals surface area contributed by atoms with Crippen molar-refractivity contribution < 1.29 is 14.5 Å². The van der Waals surface area contributed by atoms with Crippen molar-refractivity contribution in [2.24, 2.45) is 0 Å². The minimum Gasteiger partial charge on any atom is -0.484 e. The van der Waals surface area contributed by atoms with Crippen LogP contribution in [0, 0.1) is 10.1 Å². The summed E-state index contributed by atoms with van der Waals surface area (Å²) in [5.41, 5.74) is 0.129. The maximum Gasteiger partial charge on any atom is 0.269 e. The number of non-ortho nitro benzene ring substituents is 1. The van der Waals surface area contributed by atoms with Gasteiger partial charge in [0.15, 0.2) is 5.60 Å². The zero-order chi connectivity index (χ0) is 13.3. The topological polar surface area (TPSA) is 69.4 Å². The number of carbonyl (C=O) groups excluding carboxylic acids is 1. The number of carbonyl (C=O) groups is 1. The van der Waals surface area contributed by atoms with Gasteiger partial charge in [-0.1, -0.05) is 12.1 Å². The SMILES string of the molecule is CC1(C)OC(Cc2ccc([N+](=O)[O-])cc2)=CC1=O. The number of benzene rings is 1. The third-order valence-electron chi connectivity index (χ3n) is 2.80. The molecule has 5 heteroatoms. The lowest BCUT2D eigenvalue weighted by Crippen LogP contribution is -2.27. The number of allylic oxidation sites excluding steroid dienone is 1. The second-order valence-electron chi connectivity index (χ2n) is 4.69. The Morgan fingerprint density at radius 3 is 2.33 bits per heavy atom. The maximum absolute atomic E-state index is 11.5. The predicted molar refractivity (Wildman–Crippen MR) is 65.1 cm³/mol. The Labute approximate surface area is 104 Å². The molecule has 0 aromatic heterocycles. The third kappa shape index (κ3) is 2.40. The molecule has 0 bridgehead atoms. The monoisotopic (exact) mass is 247 g/mol. The highest BCUT2D eigenvalue weighted by atomic mass is 16.6. The molecule has 1 aliphatic rings. The highest BCUT2D eigenvalue weighted by molar-refractivity contribution is 5.98. The van der Waals surface area contributed by atoms with Crippen LogP contribution in [0.15, 0.2) is 36.1 Å². The fourth-order valence-corrected chi connectivity index (χ4v) is 1.75. The van der Waals surface area contributed by atoms with Crippen LogP contribution in [0.25, 0.3) is 0 Å². The summed E-state index contributed by atoms with van der Waals surface area (Å²) in [5.74, 6) is 0.540. The first-order valence-corrected chi connectivity index (χ1v) is 5.56. The Morgan fingerprint density at radius 2 is 1.89 bits per heavy atom. The van der Waals surface area contributed by atoms with Crippen LogP contribution in [-0.2, 0) is 16.0 Å². The van der Waals surface area contributed by atoms with Crippen LogP contribution >= 0.6 is 0 Å². The van der Waals surface area contributed by atoms with Gasteiger partial charge in [-0.15, -0.1) is 0 Å². The van der Waals surface area contributed by atoms with Gasteiger partial charge in [0.2, 0.25) is 5.78 Å². The van der Waals surface area contributed by atoms with Crippen LogP contribution < -0.4 is 0 Å². The zero-order valence-corrected chi connectivity index (χ0v) is 10.2. The molecule has 0 saturated heterocycles. The molecular weight excluding hydrogens is 234 g/mol. The molecular formula is C13H13NO4. The third-order valence-corrected chi connectivity index (χ3v) is 2.80. The van der Waals surface area contributed by atoms with Crippen molar-refractivity contribution in [3.8, 4) is 0 Å². The minimum atomic E-state index is -0.796. The van der Waals surface area contributed by atoms with Crippen molar-refractivity contribution in [1.29, 1.82) is 0 Å². The average Bonchev–Trinajstić information content (AvgIpc) is 2.53. The molecule has 0 aliphatic carbocycles. The molecule has 0 atom stereocenters. The standard InChI is InChI=1S/C13H13NO4/c1-13(2)12(15)8-11(18-13)7-9-3-5-10(6-4-9)14(16)17/h3-6,8H,7H2,1-2H3. The second kappa shape index (κ2) is 4.25. The zero-order valence-electron chi connectivity index (χ0n) is 10.2. The summed E-state index contributed by atoms with van der Waals surface area (Å²) >= 11 is 0. The number of ether oxygens (including phenoxy) is 1. The smallest absolute Gasteiger partial charge is 0.269 e. The van der Waals surface area contributed by atoms with Crippen LogP contribution in [0.1, 0.15) is 19.4 Å². The summed E-state index contributed by atoms with van der Waals surface area (Å²) in [4.78, 5) is 21.6. The van der Waals surface area contributed by atoms with Crippen molar-refractivity contribution >= 4 is 11.5 Å². The number of nitro groups is 1. The van der Waals surface area contributed by atoms with Gasteiger partial charge in [-0.3, -0.25) is 14.9 Å². The van der Waals surface area contributed by atoms with E-state index in [9.17, 15) is 14.9 Å². The fourth-order valence-electron chi connectivity index (χ4n) is 1.75. The first-order chi connectivity index (χ1) is 8.38. The number of nitrogens with zero attached hydrogens (tertiary/aromatic N) is 1. The van der Waals surface area contributed by atoms with Crippen LogP contribution in [0.3, 0.4) is 0 Å². The van der Waals surface area contributed by atoms with E-state index in [4.69, 9.17) is 4.74 Å². The molecule has 2 rings (SSSR count). The number of ketones is 1. The molecule has 0 saturated carbocycles. The van der Waals surface area contributed by atoms with E-state index < -0.39 is 10.5 Å². The van der Waals surface area contributed by atoms with E-state index in [0.717, 1.165) is 5.56 Å². The molecule has 0 amide bonds. The highest BCUT2D eigenvalue weighted by Crippen LogP contribution is 2.26. The van der Waals surface area contributed by atoms with E-state index >= 15 is 0 Å². The Kier molecular flexibility index (Phi) is 2.90. The summed E-state index contributed by atoms with van der Waals surface area (Å²) in [6, 6.07) is 6.21. The van der Waals surface area contributed by atoms with Crippen molar-refractivity contribution in [3.05, 3.63) is 51.8 Å². The van der Waals surface area contributed by atoms with E-state index in [-0.39, 0.29) is 11.5 Å². The second-order valence-corrected chi connectivity index (χ2v) is 4.69. The molecule has 0 fully saturated rings. The fraction of sp³-hybridized carbons (Fsp3) is 0.308. The molecule has 0 spiro atoms. The lowest BCUT2D eigenvalue weighted by Gasteiger charge is -2.17. The molecule has 18 heavy (non-hydrogen) atoms. The molecule has 1 heterocycles. The van der Waals surface area contributed by atoms with Crippen LogP contribution in [0.2, 0.25) is 0 Å². The van der Waals surface area contributed by atoms with Crippen LogP contribution in [0.5, 0.6) is 0 Å². The molecule has 1 aromatic rings. The van der Waals surface area contributed by atoms with Crippen molar-refractivity contribution in [1.82, 2.24) is 0 Å². The van der Waals surface area contributed by atoms with Gasteiger partial charge in [-0.05, 0) is 19.4 Å². The Balaban J connectivity index is 2.10. The average molecular weight is 247 g/mol. The number of nitro benzene ring substituents is 1. The lowest BCUT2D eigenvalue weighted by atomic mass is 10.1. The van der Waals surface area contributed by atoms with E-state index in [1.165, 1.54) is 18.2 Å². The first kappa shape index (κ1) is 12.3. The van der Waals surface area contributed by atoms with E-state index in [0.29, 0.717) is 12.2 Å². The molecule has 0 unspecified atom stereocenters. The van der Waals surface area contributed by atoms with E-state index in [2.05, 4.69) is 0 Å². The van der Waals surface area contributed by atoms with E-state index in [1.807, 2.05) is 0 Å².